The first-order valence-corrected chi connectivity index (χ1v) is 8.89. The normalized spacial score (nSPS) is 24.2. The van der Waals surface area contributed by atoms with Crippen LogP contribution in [0.2, 0.25) is 0 Å². The molecule has 1 aliphatic carbocycles. The topological polar surface area (TPSA) is 43.4 Å². The molecule has 1 aromatic carbocycles. The van der Waals surface area contributed by atoms with Crippen LogP contribution < -0.4 is 4.74 Å². The molecule has 5 heteroatoms. The summed E-state index contributed by atoms with van der Waals surface area (Å²) in [6.45, 7) is 4.08. The van der Waals surface area contributed by atoms with Crippen molar-refractivity contribution in [2.75, 3.05) is 0 Å². The first kappa shape index (κ1) is 14.7. The lowest BCUT2D eigenvalue weighted by Gasteiger charge is -2.28. The maximum Gasteiger partial charge on any atom is 0.261 e. The van der Waals surface area contributed by atoms with Crippen molar-refractivity contribution >= 4 is 19.7 Å². The Morgan fingerprint density at radius 3 is 2.63 bits per heavy atom. The van der Waals surface area contributed by atoms with Crippen molar-refractivity contribution in [1.29, 1.82) is 0 Å². The molecule has 0 aliphatic heterocycles. The number of hydrogen-bond acceptors (Lipinski definition) is 3. The molecule has 0 aromatic heterocycles. The molecule has 0 radical (unpaired) electrons. The van der Waals surface area contributed by atoms with Crippen LogP contribution in [0.15, 0.2) is 23.1 Å². The average Bonchev–Trinajstić information content (AvgIpc) is 2.30. The van der Waals surface area contributed by atoms with E-state index in [4.69, 9.17) is 15.4 Å². The number of rotatable bonds is 3. The van der Waals surface area contributed by atoms with E-state index in [1.807, 2.05) is 6.92 Å². The zero-order valence-corrected chi connectivity index (χ0v) is 12.8. The van der Waals surface area contributed by atoms with Crippen LogP contribution in [0.5, 0.6) is 5.75 Å². The molecule has 2 rings (SSSR count). The number of aryl methyl sites for hydroxylation is 1. The second-order valence-corrected chi connectivity index (χ2v) is 7.94. The molecule has 0 saturated heterocycles. The van der Waals surface area contributed by atoms with Crippen molar-refractivity contribution in [2.24, 2.45) is 5.92 Å². The molecule has 0 spiro atoms. The molecule has 2 unspecified atom stereocenters. The van der Waals surface area contributed by atoms with E-state index in [1.165, 1.54) is 18.9 Å². The molecule has 1 saturated carbocycles. The third-order valence-corrected chi connectivity index (χ3v) is 4.96. The molecule has 0 heterocycles. The number of benzene rings is 1. The first-order valence-electron chi connectivity index (χ1n) is 6.58. The summed E-state index contributed by atoms with van der Waals surface area (Å²) in [5, 5.41) is 0. The molecule has 19 heavy (non-hydrogen) atoms. The van der Waals surface area contributed by atoms with Gasteiger partial charge in [0.2, 0.25) is 0 Å². The molecule has 0 amide bonds. The Balaban J connectivity index is 2.13. The Kier molecular flexibility index (Phi) is 4.41. The van der Waals surface area contributed by atoms with Gasteiger partial charge < -0.3 is 4.74 Å². The van der Waals surface area contributed by atoms with Gasteiger partial charge in [0.25, 0.3) is 9.05 Å². The van der Waals surface area contributed by atoms with Crippen molar-refractivity contribution < 1.29 is 13.2 Å². The molecule has 0 bridgehead atoms. The molecular formula is C14H19ClO3S. The van der Waals surface area contributed by atoms with Gasteiger partial charge in [0.05, 0.1) is 11.0 Å². The summed E-state index contributed by atoms with van der Waals surface area (Å²) in [7, 11) is 1.66. The highest BCUT2D eigenvalue weighted by Crippen LogP contribution is 2.30. The van der Waals surface area contributed by atoms with E-state index in [9.17, 15) is 8.42 Å². The smallest absolute Gasteiger partial charge is 0.261 e. The lowest BCUT2D eigenvalue weighted by atomic mass is 9.88. The standard InChI is InChI=1S/C14H19ClO3S/c1-10-4-3-5-12(8-10)18-14-7-6-13(9-11(14)2)19(15,16)17/h6-7,9-10,12H,3-5,8H2,1-2H3. The first-order chi connectivity index (χ1) is 8.86. The van der Waals surface area contributed by atoms with Gasteiger partial charge in [0.1, 0.15) is 5.75 Å². The molecule has 106 valence electrons. The highest BCUT2D eigenvalue weighted by Gasteiger charge is 2.21. The minimum absolute atomic E-state index is 0.121. The Labute approximate surface area is 119 Å². The van der Waals surface area contributed by atoms with Gasteiger partial charge in [0.15, 0.2) is 0 Å². The average molecular weight is 303 g/mol. The van der Waals surface area contributed by atoms with E-state index in [0.717, 1.165) is 24.2 Å². The summed E-state index contributed by atoms with van der Waals surface area (Å²) in [5.74, 6) is 1.45. The Morgan fingerprint density at radius 2 is 2.05 bits per heavy atom. The van der Waals surface area contributed by atoms with Gasteiger partial charge in [-0.25, -0.2) is 8.42 Å². The third-order valence-electron chi connectivity index (χ3n) is 3.61. The Morgan fingerprint density at radius 1 is 1.32 bits per heavy atom. The number of halogens is 1. The summed E-state index contributed by atoms with van der Waals surface area (Å²) in [6.07, 6.45) is 4.83. The van der Waals surface area contributed by atoms with Crippen molar-refractivity contribution in [3.05, 3.63) is 23.8 Å². The van der Waals surface area contributed by atoms with Crippen molar-refractivity contribution in [3.8, 4) is 5.75 Å². The van der Waals surface area contributed by atoms with Crippen LogP contribution in [0.4, 0.5) is 0 Å². The van der Waals surface area contributed by atoms with Crippen LogP contribution >= 0.6 is 10.7 Å². The van der Waals surface area contributed by atoms with Crippen LogP contribution in [0.25, 0.3) is 0 Å². The van der Waals surface area contributed by atoms with Gasteiger partial charge in [-0.2, -0.15) is 0 Å². The summed E-state index contributed by atoms with van der Waals surface area (Å²) >= 11 is 0. The van der Waals surface area contributed by atoms with Gasteiger partial charge in [-0.1, -0.05) is 13.3 Å². The maximum atomic E-state index is 11.3. The largest absolute Gasteiger partial charge is 0.490 e. The van der Waals surface area contributed by atoms with E-state index in [0.29, 0.717) is 5.92 Å². The van der Waals surface area contributed by atoms with Crippen molar-refractivity contribution in [2.45, 2.75) is 50.5 Å². The van der Waals surface area contributed by atoms with Crippen molar-refractivity contribution in [1.82, 2.24) is 0 Å². The van der Waals surface area contributed by atoms with Gasteiger partial charge in [0, 0.05) is 10.7 Å². The second-order valence-electron chi connectivity index (χ2n) is 5.38. The molecule has 3 nitrogen and oxygen atoms in total. The zero-order valence-electron chi connectivity index (χ0n) is 11.2. The van der Waals surface area contributed by atoms with Gasteiger partial charge in [-0.3, -0.25) is 0 Å². The summed E-state index contributed by atoms with van der Waals surface area (Å²) in [5.41, 5.74) is 0.806. The quantitative estimate of drug-likeness (QED) is 0.796. The van der Waals surface area contributed by atoms with E-state index < -0.39 is 9.05 Å². The minimum atomic E-state index is -3.67. The second kappa shape index (κ2) is 5.71. The van der Waals surface area contributed by atoms with Gasteiger partial charge in [-0.05, 0) is 55.9 Å². The molecular weight excluding hydrogens is 284 g/mol. The SMILES string of the molecule is Cc1cc(S(=O)(=O)Cl)ccc1OC1CCCC(C)C1. The predicted molar refractivity (Wildman–Crippen MR) is 76.3 cm³/mol. The Bertz CT molecular complexity index is 554. The fourth-order valence-electron chi connectivity index (χ4n) is 2.57. The van der Waals surface area contributed by atoms with Crippen LogP contribution in [-0.2, 0) is 9.05 Å². The van der Waals surface area contributed by atoms with Crippen LogP contribution in [-0.4, -0.2) is 14.5 Å². The van der Waals surface area contributed by atoms with E-state index in [2.05, 4.69) is 6.92 Å². The van der Waals surface area contributed by atoms with Crippen LogP contribution in [0, 0.1) is 12.8 Å². The lowest BCUT2D eigenvalue weighted by Crippen LogP contribution is -2.24. The zero-order chi connectivity index (χ0) is 14.0. The third kappa shape index (κ3) is 3.86. The number of ether oxygens (including phenoxy) is 1. The highest BCUT2D eigenvalue weighted by molar-refractivity contribution is 8.13. The van der Waals surface area contributed by atoms with Crippen LogP contribution in [0.1, 0.15) is 38.2 Å². The van der Waals surface area contributed by atoms with Crippen LogP contribution in [0.3, 0.4) is 0 Å². The van der Waals surface area contributed by atoms with Gasteiger partial charge in [-0.15, -0.1) is 0 Å². The lowest BCUT2D eigenvalue weighted by molar-refractivity contribution is 0.128. The monoisotopic (exact) mass is 302 g/mol. The maximum absolute atomic E-state index is 11.3. The van der Waals surface area contributed by atoms with E-state index in [1.54, 1.807) is 12.1 Å². The molecule has 2 atom stereocenters. The van der Waals surface area contributed by atoms with E-state index in [-0.39, 0.29) is 11.0 Å². The van der Waals surface area contributed by atoms with Crippen molar-refractivity contribution in [3.63, 3.8) is 0 Å². The Hall–Kier alpha value is -0.740. The highest BCUT2D eigenvalue weighted by atomic mass is 35.7. The summed E-state index contributed by atoms with van der Waals surface area (Å²) < 4.78 is 28.5. The number of hydrogen-bond donors (Lipinski definition) is 0. The molecule has 1 aromatic rings. The molecule has 0 N–H and O–H groups in total. The van der Waals surface area contributed by atoms with E-state index >= 15 is 0 Å². The fraction of sp³-hybridized carbons (Fsp3) is 0.571. The fourth-order valence-corrected chi connectivity index (χ4v) is 3.41. The molecule has 1 fully saturated rings. The summed E-state index contributed by atoms with van der Waals surface area (Å²) in [4.78, 5) is 0.121. The molecule has 1 aliphatic rings. The predicted octanol–water partition coefficient (Wildman–Crippen LogP) is 3.88. The minimum Gasteiger partial charge on any atom is -0.490 e. The van der Waals surface area contributed by atoms with Gasteiger partial charge >= 0.3 is 0 Å². The summed E-state index contributed by atoms with van der Waals surface area (Å²) in [6, 6.07) is 4.75.